The highest BCUT2D eigenvalue weighted by molar-refractivity contribution is 5.98. The third kappa shape index (κ3) is 4.99. The molecule has 0 saturated carbocycles. The highest BCUT2D eigenvalue weighted by atomic mass is 16.5. The normalized spacial score (nSPS) is 10.0. The number of nitrogens with one attached hydrogen (secondary N) is 2. The van der Waals surface area contributed by atoms with E-state index in [1.54, 1.807) is 24.3 Å². The fourth-order valence-electron chi connectivity index (χ4n) is 1.96. The van der Waals surface area contributed by atoms with Crippen LogP contribution in [-0.4, -0.2) is 41.8 Å². The van der Waals surface area contributed by atoms with Crippen LogP contribution in [0.1, 0.15) is 10.4 Å². The number of hydrogen-bond acceptors (Lipinski definition) is 6. The summed E-state index contributed by atoms with van der Waals surface area (Å²) in [4.78, 5) is 23.9. The van der Waals surface area contributed by atoms with Gasteiger partial charge in [0.1, 0.15) is 5.75 Å². The summed E-state index contributed by atoms with van der Waals surface area (Å²) >= 11 is 0. The van der Waals surface area contributed by atoms with Gasteiger partial charge in [0.25, 0.3) is 5.91 Å². The molecule has 0 aliphatic carbocycles. The molecular weight excluding hydrogens is 312 g/mol. The van der Waals surface area contributed by atoms with Crippen molar-refractivity contribution in [1.29, 1.82) is 0 Å². The van der Waals surface area contributed by atoms with Crippen molar-refractivity contribution in [3.05, 3.63) is 54.1 Å². The number of carbonyl (C=O) groups is 2. The van der Waals surface area contributed by atoms with E-state index in [2.05, 4.69) is 10.6 Å². The largest absolute Gasteiger partial charge is 0.508 e. The molecule has 0 aliphatic heterocycles. The molecule has 4 N–H and O–H groups in total. The van der Waals surface area contributed by atoms with E-state index >= 15 is 0 Å². The van der Waals surface area contributed by atoms with E-state index in [1.807, 2.05) is 0 Å². The second kappa shape index (κ2) is 8.54. The zero-order valence-corrected chi connectivity index (χ0v) is 12.9. The number of para-hydroxylation sites is 1. The Labute approximate surface area is 138 Å². The predicted octanol–water partition coefficient (Wildman–Crippen LogP) is 1.59. The Morgan fingerprint density at radius 1 is 1.04 bits per heavy atom. The van der Waals surface area contributed by atoms with Crippen LogP contribution in [-0.2, 0) is 9.53 Å². The molecular formula is C17H18N2O5. The zero-order valence-electron chi connectivity index (χ0n) is 12.9. The van der Waals surface area contributed by atoms with Gasteiger partial charge in [-0.1, -0.05) is 12.1 Å². The Hall–Kier alpha value is -3.06. The molecule has 2 aromatic carbocycles. The molecule has 0 atom stereocenters. The van der Waals surface area contributed by atoms with Crippen molar-refractivity contribution in [2.24, 2.45) is 0 Å². The zero-order chi connectivity index (χ0) is 17.4. The number of carbonyl (C=O) groups excluding carboxylic acids is 2. The van der Waals surface area contributed by atoms with E-state index in [0.717, 1.165) is 0 Å². The van der Waals surface area contributed by atoms with Crippen LogP contribution in [0.5, 0.6) is 5.75 Å². The van der Waals surface area contributed by atoms with Crippen molar-refractivity contribution in [1.82, 2.24) is 0 Å². The van der Waals surface area contributed by atoms with E-state index < -0.39 is 18.5 Å². The Balaban J connectivity index is 1.90. The number of hydrogen-bond donors (Lipinski definition) is 4. The van der Waals surface area contributed by atoms with Gasteiger partial charge in [-0.05, 0) is 36.4 Å². The lowest BCUT2D eigenvalue weighted by Gasteiger charge is -2.11. The van der Waals surface area contributed by atoms with Crippen molar-refractivity contribution in [2.75, 3.05) is 30.4 Å². The third-order valence-electron chi connectivity index (χ3n) is 3.06. The average Bonchev–Trinajstić information content (AvgIpc) is 2.60. The molecule has 0 aliphatic rings. The maximum absolute atomic E-state index is 12.1. The average molecular weight is 330 g/mol. The van der Waals surface area contributed by atoms with Crippen molar-refractivity contribution in [3.63, 3.8) is 0 Å². The molecule has 0 aromatic heterocycles. The molecule has 0 saturated heterocycles. The van der Waals surface area contributed by atoms with Gasteiger partial charge in [0.05, 0.1) is 12.2 Å². The molecule has 0 bridgehead atoms. The maximum atomic E-state index is 12.1. The number of rotatable bonds is 7. The van der Waals surface area contributed by atoms with Gasteiger partial charge in [-0.15, -0.1) is 0 Å². The van der Waals surface area contributed by atoms with E-state index in [4.69, 9.17) is 9.84 Å². The van der Waals surface area contributed by atoms with Crippen LogP contribution in [0.3, 0.4) is 0 Å². The summed E-state index contributed by atoms with van der Waals surface area (Å²) < 4.78 is 5.00. The quantitative estimate of drug-likeness (QED) is 0.454. The molecule has 126 valence electrons. The first-order valence-electron chi connectivity index (χ1n) is 7.30. The van der Waals surface area contributed by atoms with Crippen LogP contribution in [0.2, 0.25) is 0 Å². The molecule has 2 rings (SSSR count). The van der Waals surface area contributed by atoms with Gasteiger partial charge in [0.15, 0.2) is 6.61 Å². The number of aromatic hydroxyl groups is 1. The van der Waals surface area contributed by atoms with E-state index in [1.165, 1.54) is 24.3 Å². The molecule has 0 radical (unpaired) electrons. The number of anilines is 2. The SMILES string of the molecule is O=C(COC(=O)c1ccccc1NCCO)Nc1ccc(O)cc1. The maximum Gasteiger partial charge on any atom is 0.340 e. The van der Waals surface area contributed by atoms with Crippen molar-refractivity contribution >= 4 is 23.3 Å². The van der Waals surface area contributed by atoms with Gasteiger partial charge in [0, 0.05) is 17.9 Å². The number of phenols is 1. The summed E-state index contributed by atoms with van der Waals surface area (Å²) in [6, 6.07) is 12.6. The van der Waals surface area contributed by atoms with Gasteiger partial charge >= 0.3 is 5.97 Å². The molecule has 0 unspecified atom stereocenters. The molecule has 1 amide bonds. The van der Waals surface area contributed by atoms with E-state index in [9.17, 15) is 14.7 Å². The van der Waals surface area contributed by atoms with Crippen LogP contribution in [0, 0.1) is 0 Å². The molecule has 7 nitrogen and oxygen atoms in total. The Kier molecular flexibility index (Phi) is 6.16. The number of phenolic OH excluding ortho intramolecular Hbond substituents is 1. The molecule has 0 heterocycles. The fraction of sp³-hybridized carbons (Fsp3) is 0.176. The number of esters is 1. The number of amides is 1. The van der Waals surface area contributed by atoms with Gasteiger partial charge in [-0.25, -0.2) is 4.79 Å². The minimum Gasteiger partial charge on any atom is -0.508 e. The summed E-state index contributed by atoms with van der Waals surface area (Å²) in [7, 11) is 0. The van der Waals surface area contributed by atoms with Crippen molar-refractivity contribution in [2.45, 2.75) is 0 Å². The molecule has 24 heavy (non-hydrogen) atoms. The van der Waals surface area contributed by atoms with Crippen LogP contribution < -0.4 is 10.6 Å². The monoisotopic (exact) mass is 330 g/mol. The third-order valence-corrected chi connectivity index (χ3v) is 3.06. The lowest BCUT2D eigenvalue weighted by atomic mass is 10.2. The summed E-state index contributed by atoms with van der Waals surface area (Å²) in [5, 5.41) is 23.5. The Morgan fingerprint density at radius 3 is 2.46 bits per heavy atom. The van der Waals surface area contributed by atoms with Crippen LogP contribution >= 0.6 is 0 Å². The second-order valence-corrected chi connectivity index (χ2v) is 4.87. The first-order valence-corrected chi connectivity index (χ1v) is 7.30. The molecule has 7 heteroatoms. The number of aliphatic hydroxyl groups excluding tert-OH is 1. The van der Waals surface area contributed by atoms with Gasteiger partial charge in [-0.3, -0.25) is 4.79 Å². The Morgan fingerprint density at radius 2 is 1.75 bits per heavy atom. The summed E-state index contributed by atoms with van der Waals surface area (Å²) in [5.41, 5.74) is 1.29. The number of benzene rings is 2. The lowest BCUT2D eigenvalue weighted by Crippen LogP contribution is -2.21. The first kappa shape index (κ1) is 17.3. The van der Waals surface area contributed by atoms with Gasteiger partial charge in [0.2, 0.25) is 0 Å². The fourth-order valence-corrected chi connectivity index (χ4v) is 1.96. The van der Waals surface area contributed by atoms with Crippen molar-refractivity contribution in [3.8, 4) is 5.75 Å². The molecule has 0 spiro atoms. The highest BCUT2D eigenvalue weighted by Crippen LogP contribution is 2.16. The number of ether oxygens (including phenoxy) is 1. The van der Waals surface area contributed by atoms with E-state index in [-0.39, 0.29) is 17.9 Å². The van der Waals surface area contributed by atoms with Crippen LogP contribution in [0.4, 0.5) is 11.4 Å². The smallest absolute Gasteiger partial charge is 0.340 e. The molecule has 2 aromatic rings. The second-order valence-electron chi connectivity index (χ2n) is 4.87. The van der Waals surface area contributed by atoms with Gasteiger partial charge < -0.3 is 25.6 Å². The summed E-state index contributed by atoms with van der Waals surface area (Å²) in [6.45, 7) is -0.210. The Bertz CT molecular complexity index is 700. The van der Waals surface area contributed by atoms with Crippen molar-refractivity contribution < 1.29 is 24.5 Å². The topological polar surface area (TPSA) is 108 Å². The van der Waals surface area contributed by atoms with E-state index in [0.29, 0.717) is 17.9 Å². The molecule has 0 fully saturated rings. The van der Waals surface area contributed by atoms with Crippen LogP contribution in [0.15, 0.2) is 48.5 Å². The van der Waals surface area contributed by atoms with Crippen LogP contribution in [0.25, 0.3) is 0 Å². The summed E-state index contributed by atoms with van der Waals surface area (Å²) in [5.74, 6) is -1.04. The van der Waals surface area contributed by atoms with Gasteiger partial charge in [-0.2, -0.15) is 0 Å². The lowest BCUT2D eigenvalue weighted by molar-refractivity contribution is -0.119. The minimum atomic E-state index is -0.642. The summed E-state index contributed by atoms with van der Waals surface area (Å²) in [6.07, 6.45) is 0. The minimum absolute atomic E-state index is 0.0710. The highest BCUT2D eigenvalue weighted by Gasteiger charge is 2.14. The number of aliphatic hydroxyl groups is 1. The first-order chi connectivity index (χ1) is 11.6. The predicted molar refractivity (Wildman–Crippen MR) is 89.0 cm³/mol. The standard InChI is InChI=1S/C17H18N2O5/c20-10-9-18-15-4-2-1-3-14(15)17(23)24-11-16(22)19-12-5-7-13(21)8-6-12/h1-8,18,20-21H,9-11H2,(H,19,22).